The third-order valence-electron chi connectivity index (χ3n) is 5.66. The summed E-state index contributed by atoms with van der Waals surface area (Å²) in [6, 6.07) is 0. The Kier molecular flexibility index (Phi) is 2.97. The number of rotatable bonds is 1. The fraction of sp³-hybridized carbons (Fsp3) is 0.875. The monoisotopic (exact) mass is 236 g/mol. The van der Waals surface area contributed by atoms with Gasteiger partial charge in [0, 0.05) is 7.11 Å². The zero-order chi connectivity index (χ0) is 12.9. The minimum absolute atomic E-state index is 0.311. The lowest BCUT2D eigenvalue weighted by atomic mass is 9.48. The van der Waals surface area contributed by atoms with E-state index in [1.165, 1.54) is 19.3 Å². The van der Waals surface area contributed by atoms with Gasteiger partial charge < -0.3 is 4.74 Å². The molecule has 2 rings (SSSR count). The van der Waals surface area contributed by atoms with Gasteiger partial charge in [-0.3, -0.25) is 0 Å². The molecule has 0 heterocycles. The second kappa shape index (κ2) is 3.85. The Labute approximate surface area is 107 Å². The first-order valence-electron chi connectivity index (χ1n) is 6.98. The van der Waals surface area contributed by atoms with Crippen LogP contribution in [-0.2, 0) is 4.74 Å². The molecule has 0 radical (unpaired) electrons. The predicted molar refractivity (Wildman–Crippen MR) is 73.0 cm³/mol. The highest BCUT2D eigenvalue weighted by atomic mass is 16.5. The number of hydrogen-bond donors (Lipinski definition) is 0. The van der Waals surface area contributed by atoms with Crippen molar-refractivity contribution in [3.8, 4) is 0 Å². The van der Waals surface area contributed by atoms with E-state index in [4.69, 9.17) is 4.74 Å². The van der Waals surface area contributed by atoms with Crippen LogP contribution < -0.4 is 0 Å². The van der Waals surface area contributed by atoms with Crippen LogP contribution in [0.5, 0.6) is 0 Å². The molecule has 0 saturated heterocycles. The zero-order valence-electron chi connectivity index (χ0n) is 12.4. The minimum Gasteiger partial charge on any atom is -0.377 e. The van der Waals surface area contributed by atoms with E-state index in [9.17, 15) is 0 Å². The predicted octanol–water partition coefficient (Wildman–Crippen LogP) is 4.57. The molecule has 1 heteroatoms. The Bertz CT molecular complexity index is 337. The second-order valence-corrected chi connectivity index (χ2v) is 7.51. The van der Waals surface area contributed by atoms with Gasteiger partial charge in [0.05, 0.1) is 6.10 Å². The van der Waals surface area contributed by atoms with Crippen LogP contribution in [0, 0.1) is 16.2 Å². The summed E-state index contributed by atoms with van der Waals surface area (Å²) in [5.41, 5.74) is 2.71. The van der Waals surface area contributed by atoms with Gasteiger partial charge in [-0.05, 0) is 35.5 Å². The number of ether oxygens (including phenoxy) is 1. The molecule has 0 aromatic carbocycles. The van der Waals surface area contributed by atoms with Crippen LogP contribution in [0.4, 0.5) is 0 Å². The molecule has 0 aromatic heterocycles. The summed E-state index contributed by atoms with van der Waals surface area (Å²) in [5, 5.41) is 0. The van der Waals surface area contributed by atoms with E-state index in [0.717, 1.165) is 6.42 Å². The van der Waals surface area contributed by atoms with Gasteiger partial charge in [0.2, 0.25) is 0 Å². The molecule has 1 fully saturated rings. The van der Waals surface area contributed by atoms with Gasteiger partial charge in [-0.15, -0.1) is 0 Å². The average molecular weight is 236 g/mol. The molecule has 1 nitrogen and oxygen atoms in total. The SMILES string of the molecule is CO[C@H]1C=C2C(C)(C)CCC[C@@]2(C)C(C)(C)C1. The summed E-state index contributed by atoms with van der Waals surface area (Å²) >= 11 is 0. The molecule has 0 aliphatic heterocycles. The third-order valence-corrected chi connectivity index (χ3v) is 5.66. The molecule has 2 atom stereocenters. The highest BCUT2D eigenvalue weighted by Crippen LogP contribution is 2.62. The maximum Gasteiger partial charge on any atom is 0.0760 e. The molecule has 1 saturated carbocycles. The van der Waals surface area contributed by atoms with E-state index >= 15 is 0 Å². The number of fused-ring (bicyclic) bond motifs is 1. The first-order valence-corrected chi connectivity index (χ1v) is 6.98. The fourth-order valence-electron chi connectivity index (χ4n) is 4.14. The maximum absolute atomic E-state index is 5.64. The van der Waals surface area contributed by atoms with Gasteiger partial charge in [0.1, 0.15) is 0 Å². The largest absolute Gasteiger partial charge is 0.377 e. The Morgan fingerprint density at radius 3 is 2.35 bits per heavy atom. The Balaban J connectivity index is 2.50. The molecular formula is C16H28O. The molecule has 2 aliphatic carbocycles. The summed E-state index contributed by atoms with van der Waals surface area (Å²) in [5.74, 6) is 0. The quantitative estimate of drug-likeness (QED) is 0.606. The lowest BCUT2D eigenvalue weighted by molar-refractivity contribution is -0.0108. The van der Waals surface area contributed by atoms with Crippen LogP contribution in [0.1, 0.15) is 60.3 Å². The van der Waals surface area contributed by atoms with Crippen molar-refractivity contribution in [1.29, 1.82) is 0 Å². The molecular weight excluding hydrogens is 208 g/mol. The minimum atomic E-state index is 0.311. The molecule has 0 amide bonds. The summed E-state index contributed by atoms with van der Waals surface area (Å²) in [6.07, 6.45) is 7.92. The maximum atomic E-state index is 5.64. The Hall–Kier alpha value is -0.300. The lowest BCUT2D eigenvalue weighted by Gasteiger charge is -2.57. The third kappa shape index (κ3) is 1.87. The molecule has 0 bridgehead atoms. The Morgan fingerprint density at radius 2 is 1.76 bits per heavy atom. The molecule has 0 spiro atoms. The van der Waals surface area contributed by atoms with Crippen molar-refractivity contribution >= 4 is 0 Å². The van der Waals surface area contributed by atoms with Crippen LogP contribution >= 0.6 is 0 Å². The highest BCUT2D eigenvalue weighted by molar-refractivity contribution is 5.30. The fourth-order valence-corrected chi connectivity index (χ4v) is 4.14. The highest BCUT2D eigenvalue weighted by Gasteiger charge is 2.52. The van der Waals surface area contributed by atoms with Crippen molar-refractivity contribution < 1.29 is 4.74 Å². The van der Waals surface area contributed by atoms with E-state index in [0.29, 0.717) is 22.3 Å². The van der Waals surface area contributed by atoms with Gasteiger partial charge >= 0.3 is 0 Å². The summed E-state index contributed by atoms with van der Waals surface area (Å²) in [6.45, 7) is 12.1. The molecule has 0 N–H and O–H groups in total. The lowest BCUT2D eigenvalue weighted by Crippen LogP contribution is -2.49. The second-order valence-electron chi connectivity index (χ2n) is 7.51. The zero-order valence-corrected chi connectivity index (χ0v) is 12.4. The number of hydrogen-bond acceptors (Lipinski definition) is 1. The van der Waals surface area contributed by atoms with Crippen LogP contribution in [0.2, 0.25) is 0 Å². The Morgan fingerprint density at radius 1 is 1.12 bits per heavy atom. The first-order chi connectivity index (χ1) is 7.73. The van der Waals surface area contributed by atoms with Crippen molar-refractivity contribution in [1.82, 2.24) is 0 Å². The smallest absolute Gasteiger partial charge is 0.0760 e. The van der Waals surface area contributed by atoms with Crippen LogP contribution in [0.15, 0.2) is 11.6 Å². The van der Waals surface area contributed by atoms with Crippen LogP contribution in [0.3, 0.4) is 0 Å². The first kappa shape index (κ1) is 13.1. The van der Waals surface area contributed by atoms with Crippen molar-refractivity contribution in [2.24, 2.45) is 16.2 Å². The summed E-state index contributed by atoms with van der Waals surface area (Å²) in [7, 11) is 1.84. The number of allylic oxidation sites excluding steroid dienone is 1. The van der Waals surface area contributed by atoms with Crippen molar-refractivity contribution in [3.63, 3.8) is 0 Å². The van der Waals surface area contributed by atoms with Gasteiger partial charge in [-0.2, -0.15) is 0 Å². The van der Waals surface area contributed by atoms with Crippen LogP contribution in [0.25, 0.3) is 0 Å². The summed E-state index contributed by atoms with van der Waals surface area (Å²) in [4.78, 5) is 0. The van der Waals surface area contributed by atoms with Gasteiger partial charge in [0.15, 0.2) is 0 Å². The van der Waals surface area contributed by atoms with Gasteiger partial charge in [-0.1, -0.05) is 52.7 Å². The van der Waals surface area contributed by atoms with Crippen molar-refractivity contribution in [2.75, 3.05) is 7.11 Å². The number of methoxy groups -OCH3 is 1. The molecule has 0 aromatic rings. The van der Waals surface area contributed by atoms with E-state index in [1.54, 1.807) is 5.57 Å². The van der Waals surface area contributed by atoms with E-state index in [2.05, 4.69) is 40.7 Å². The van der Waals surface area contributed by atoms with E-state index < -0.39 is 0 Å². The average Bonchev–Trinajstić information content (AvgIpc) is 2.20. The topological polar surface area (TPSA) is 9.23 Å². The molecule has 98 valence electrons. The van der Waals surface area contributed by atoms with E-state index in [-0.39, 0.29) is 0 Å². The molecule has 0 unspecified atom stereocenters. The summed E-state index contributed by atoms with van der Waals surface area (Å²) < 4.78 is 5.64. The van der Waals surface area contributed by atoms with Gasteiger partial charge in [0.25, 0.3) is 0 Å². The van der Waals surface area contributed by atoms with Crippen molar-refractivity contribution in [2.45, 2.75) is 66.4 Å². The van der Waals surface area contributed by atoms with Crippen molar-refractivity contribution in [3.05, 3.63) is 11.6 Å². The van der Waals surface area contributed by atoms with Gasteiger partial charge in [-0.25, -0.2) is 0 Å². The van der Waals surface area contributed by atoms with Crippen LogP contribution in [-0.4, -0.2) is 13.2 Å². The molecule has 2 aliphatic rings. The van der Waals surface area contributed by atoms with E-state index in [1.807, 2.05) is 7.11 Å². The standard InChI is InChI=1S/C16H28O/c1-14(2)8-7-9-16(5)13(14)10-12(17-6)11-15(16,3)4/h10,12H,7-9,11H2,1-6H3/t12-,16+/m0/s1. The molecule has 17 heavy (non-hydrogen) atoms. The normalized spacial score (nSPS) is 39.4.